The van der Waals surface area contributed by atoms with Gasteiger partial charge in [-0.15, -0.1) is 0 Å². The van der Waals surface area contributed by atoms with Gasteiger partial charge in [0, 0.05) is 24.2 Å². The number of benzene rings is 2. The van der Waals surface area contributed by atoms with Crippen molar-refractivity contribution in [3.05, 3.63) is 53.6 Å². The van der Waals surface area contributed by atoms with E-state index in [1.165, 1.54) is 0 Å². The van der Waals surface area contributed by atoms with E-state index in [2.05, 4.69) is 0 Å². The van der Waals surface area contributed by atoms with Gasteiger partial charge in [0.1, 0.15) is 11.5 Å². The van der Waals surface area contributed by atoms with Crippen molar-refractivity contribution in [2.45, 2.75) is 19.3 Å². The quantitative estimate of drug-likeness (QED) is 0.870. The van der Waals surface area contributed by atoms with E-state index in [0.29, 0.717) is 12.2 Å². The van der Waals surface area contributed by atoms with Crippen molar-refractivity contribution in [3.8, 4) is 11.5 Å². The molecule has 0 saturated carbocycles. The van der Waals surface area contributed by atoms with Crippen molar-refractivity contribution in [1.29, 1.82) is 0 Å². The summed E-state index contributed by atoms with van der Waals surface area (Å²) in [6, 6.07) is 13.6. The predicted molar refractivity (Wildman–Crippen MR) is 90.4 cm³/mol. The molecule has 120 valence electrons. The maximum atomic E-state index is 12.8. The summed E-state index contributed by atoms with van der Waals surface area (Å²) >= 11 is 0. The minimum absolute atomic E-state index is 0.104. The molecule has 0 atom stereocenters. The number of hydrogen-bond donors (Lipinski definition) is 0. The molecule has 2 aromatic rings. The zero-order chi connectivity index (χ0) is 16.2. The molecule has 0 fully saturated rings. The van der Waals surface area contributed by atoms with Crippen LogP contribution in [0.4, 0.5) is 5.69 Å². The monoisotopic (exact) mass is 311 g/mol. The maximum absolute atomic E-state index is 12.8. The molecule has 1 aliphatic heterocycles. The Morgan fingerprint density at radius 1 is 1.13 bits per heavy atom. The molecule has 2 aromatic carbocycles. The highest BCUT2D eigenvalue weighted by Gasteiger charge is 2.26. The highest BCUT2D eigenvalue weighted by Crippen LogP contribution is 2.38. The first-order valence-electron chi connectivity index (χ1n) is 7.82. The third kappa shape index (κ3) is 3.16. The molecule has 1 amide bonds. The number of fused-ring (bicyclic) bond motifs is 1. The number of carbonyl (C=O) groups is 1. The van der Waals surface area contributed by atoms with Crippen molar-refractivity contribution >= 4 is 11.6 Å². The van der Waals surface area contributed by atoms with Crippen LogP contribution in [0.15, 0.2) is 42.5 Å². The van der Waals surface area contributed by atoms with E-state index >= 15 is 0 Å². The lowest BCUT2D eigenvalue weighted by atomic mass is 9.99. The molecule has 1 aliphatic rings. The molecule has 0 radical (unpaired) electrons. The Labute approximate surface area is 136 Å². The van der Waals surface area contributed by atoms with Crippen molar-refractivity contribution in [3.63, 3.8) is 0 Å². The molecule has 0 N–H and O–H groups in total. The molecular formula is C19H21NO3. The van der Waals surface area contributed by atoms with Crippen molar-refractivity contribution < 1.29 is 14.3 Å². The molecular weight excluding hydrogens is 290 g/mol. The van der Waals surface area contributed by atoms with Crippen molar-refractivity contribution in [2.24, 2.45) is 0 Å². The molecule has 23 heavy (non-hydrogen) atoms. The number of nitrogens with zero attached hydrogens (tertiary/aromatic N) is 1. The van der Waals surface area contributed by atoms with Gasteiger partial charge in [0.15, 0.2) is 0 Å². The van der Waals surface area contributed by atoms with Crippen LogP contribution < -0.4 is 14.4 Å². The molecule has 4 heteroatoms. The predicted octanol–water partition coefficient (Wildman–Crippen LogP) is 3.23. The highest BCUT2D eigenvalue weighted by molar-refractivity contribution is 5.96. The van der Waals surface area contributed by atoms with Gasteiger partial charge >= 0.3 is 0 Å². The smallest absolute Gasteiger partial charge is 0.231 e. The van der Waals surface area contributed by atoms with Gasteiger partial charge in [0.25, 0.3) is 0 Å². The Bertz CT molecular complexity index is 697. The second-order valence-corrected chi connectivity index (χ2v) is 5.64. The van der Waals surface area contributed by atoms with E-state index in [1.807, 2.05) is 47.4 Å². The van der Waals surface area contributed by atoms with Crippen LogP contribution in [0.25, 0.3) is 0 Å². The Morgan fingerprint density at radius 2 is 1.91 bits per heavy atom. The molecule has 0 saturated heterocycles. The standard InChI is InChI=1S/C19H21NO3/c1-22-15-12-17-16(18(13-15)23-2)9-6-10-20(17)19(21)11-14-7-4-3-5-8-14/h3-5,7-8,12-13H,6,9-11H2,1-2H3. The van der Waals surface area contributed by atoms with E-state index in [9.17, 15) is 4.79 Å². The van der Waals surface area contributed by atoms with Crippen LogP contribution in [0.1, 0.15) is 17.5 Å². The van der Waals surface area contributed by atoms with Gasteiger partial charge in [-0.1, -0.05) is 30.3 Å². The number of hydrogen-bond acceptors (Lipinski definition) is 3. The maximum Gasteiger partial charge on any atom is 0.231 e. The first-order chi connectivity index (χ1) is 11.2. The van der Waals surface area contributed by atoms with Crippen LogP contribution in [0.5, 0.6) is 11.5 Å². The zero-order valence-corrected chi connectivity index (χ0v) is 13.5. The van der Waals surface area contributed by atoms with E-state index in [4.69, 9.17) is 9.47 Å². The van der Waals surface area contributed by atoms with Gasteiger partial charge in [-0.25, -0.2) is 0 Å². The van der Waals surface area contributed by atoms with Crippen LogP contribution in [0.2, 0.25) is 0 Å². The van der Waals surface area contributed by atoms with Crippen LogP contribution in [-0.4, -0.2) is 26.7 Å². The lowest BCUT2D eigenvalue weighted by Crippen LogP contribution is -2.36. The summed E-state index contributed by atoms with van der Waals surface area (Å²) in [7, 11) is 3.28. The Kier molecular flexibility index (Phi) is 4.51. The van der Waals surface area contributed by atoms with Crippen LogP contribution in [0.3, 0.4) is 0 Å². The number of carbonyl (C=O) groups excluding carboxylic acids is 1. The third-order valence-electron chi connectivity index (χ3n) is 4.21. The largest absolute Gasteiger partial charge is 0.497 e. The SMILES string of the molecule is COc1cc(OC)c2c(c1)N(C(=O)Cc1ccccc1)CCC2. The fraction of sp³-hybridized carbons (Fsp3) is 0.316. The van der Waals surface area contributed by atoms with Gasteiger partial charge in [0.05, 0.1) is 26.3 Å². The molecule has 0 aliphatic carbocycles. The first kappa shape index (κ1) is 15.4. The summed E-state index contributed by atoms with van der Waals surface area (Å²) in [5, 5.41) is 0. The van der Waals surface area contributed by atoms with E-state index in [1.54, 1.807) is 14.2 Å². The average Bonchev–Trinajstić information content (AvgIpc) is 2.60. The molecule has 4 nitrogen and oxygen atoms in total. The second kappa shape index (κ2) is 6.73. The summed E-state index contributed by atoms with van der Waals surface area (Å²) in [5.74, 6) is 1.60. The van der Waals surface area contributed by atoms with Gasteiger partial charge in [-0.05, 0) is 18.4 Å². The molecule has 1 heterocycles. The van der Waals surface area contributed by atoms with E-state index in [-0.39, 0.29) is 5.91 Å². The van der Waals surface area contributed by atoms with E-state index < -0.39 is 0 Å². The molecule has 3 rings (SSSR count). The minimum Gasteiger partial charge on any atom is -0.497 e. The van der Waals surface area contributed by atoms with Crippen LogP contribution in [-0.2, 0) is 17.6 Å². The number of amides is 1. The molecule has 0 spiro atoms. The van der Waals surface area contributed by atoms with Crippen molar-refractivity contribution in [1.82, 2.24) is 0 Å². The normalized spacial score (nSPS) is 13.4. The fourth-order valence-corrected chi connectivity index (χ4v) is 3.06. The summed E-state index contributed by atoms with van der Waals surface area (Å²) in [5.41, 5.74) is 3.02. The van der Waals surface area contributed by atoms with E-state index in [0.717, 1.165) is 42.0 Å². The Morgan fingerprint density at radius 3 is 2.61 bits per heavy atom. The van der Waals surface area contributed by atoms with Gasteiger partial charge in [-0.2, -0.15) is 0 Å². The third-order valence-corrected chi connectivity index (χ3v) is 4.21. The summed E-state index contributed by atoms with van der Waals surface area (Å²) in [6.45, 7) is 0.731. The molecule has 0 unspecified atom stereocenters. The zero-order valence-electron chi connectivity index (χ0n) is 13.5. The average molecular weight is 311 g/mol. The van der Waals surface area contributed by atoms with Gasteiger partial charge in [-0.3, -0.25) is 4.79 Å². The minimum atomic E-state index is 0.104. The lowest BCUT2D eigenvalue weighted by Gasteiger charge is -2.31. The number of anilines is 1. The fourth-order valence-electron chi connectivity index (χ4n) is 3.06. The Hall–Kier alpha value is -2.49. The summed E-state index contributed by atoms with van der Waals surface area (Å²) in [4.78, 5) is 14.6. The molecule has 0 bridgehead atoms. The van der Waals surface area contributed by atoms with Crippen LogP contribution in [0, 0.1) is 0 Å². The Balaban J connectivity index is 1.92. The number of rotatable bonds is 4. The number of ether oxygens (including phenoxy) is 2. The van der Waals surface area contributed by atoms with Gasteiger partial charge < -0.3 is 14.4 Å². The lowest BCUT2D eigenvalue weighted by molar-refractivity contribution is -0.118. The van der Waals surface area contributed by atoms with Gasteiger partial charge in [0.2, 0.25) is 5.91 Å². The topological polar surface area (TPSA) is 38.8 Å². The number of methoxy groups -OCH3 is 2. The summed E-state index contributed by atoms with van der Waals surface area (Å²) < 4.78 is 10.8. The summed E-state index contributed by atoms with van der Waals surface area (Å²) in [6.07, 6.45) is 2.26. The second-order valence-electron chi connectivity index (χ2n) is 5.64. The van der Waals surface area contributed by atoms with Crippen molar-refractivity contribution in [2.75, 3.05) is 25.7 Å². The highest BCUT2D eigenvalue weighted by atomic mass is 16.5. The molecule has 0 aromatic heterocycles. The van der Waals surface area contributed by atoms with Crippen LogP contribution >= 0.6 is 0 Å². The first-order valence-corrected chi connectivity index (χ1v) is 7.82.